The molecule has 0 saturated carbocycles. The Hall–Kier alpha value is -0.880. The molecule has 0 bridgehead atoms. The molecule has 2 heterocycles. The van der Waals surface area contributed by atoms with E-state index in [1.54, 1.807) is 4.90 Å². The van der Waals surface area contributed by atoms with Gasteiger partial charge >= 0.3 is 0 Å². The zero-order chi connectivity index (χ0) is 11.5. The Labute approximate surface area is 106 Å². The van der Waals surface area contributed by atoms with E-state index >= 15 is 0 Å². The van der Waals surface area contributed by atoms with Gasteiger partial charge in [0.2, 0.25) is 5.91 Å². The van der Waals surface area contributed by atoms with Crippen molar-refractivity contribution in [3.63, 3.8) is 0 Å². The SMILES string of the molecule is O=C1CCN(C(=O)c2cc(Br)cs2)CCN1. The second-order valence-electron chi connectivity index (χ2n) is 3.52. The summed E-state index contributed by atoms with van der Waals surface area (Å²) in [6.07, 6.45) is 0.387. The van der Waals surface area contributed by atoms with Crippen molar-refractivity contribution in [3.8, 4) is 0 Å². The second kappa shape index (κ2) is 4.97. The molecule has 0 unspecified atom stereocenters. The molecule has 6 heteroatoms. The van der Waals surface area contributed by atoms with Crippen LogP contribution in [0.3, 0.4) is 0 Å². The zero-order valence-corrected chi connectivity index (χ0v) is 10.9. The molecule has 2 amide bonds. The van der Waals surface area contributed by atoms with Crippen molar-refractivity contribution < 1.29 is 9.59 Å². The highest BCUT2D eigenvalue weighted by molar-refractivity contribution is 9.10. The summed E-state index contributed by atoms with van der Waals surface area (Å²) in [4.78, 5) is 25.6. The van der Waals surface area contributed by atoms with Crippen molar-refractivity contribution in [1.29, 1.82) is 0 Å². The van der Waals surface area contributed by atoms with Crippen LogP contribution in [0.25, 0.3) is 0 Å². The molecule has 1 aliphatic rings. The molecule has 1 saturated heterocycles. The van der Waals surface area contributed by atoms with E-state index in [4.69, 9.17) is 0 Å². The topological polar surface area (TPSA) is 49.4 Å². The average molecular weight is 303 g/mol. The summed E-state index contributed by atoms with van der Waals surface area (Å²) < 4.78 is 0.921. The minimum Gasteiger partial charge on any atom is -0.354 e. The summed E-state index contributed by atoms with van der Waals surface area (Å²) in [7, 11) is 0. The molecular weight excluding hydrogens is 292 g/mol. The van der Waals surface area contributed by atoms with Crippen molar-refractivity contribution in [1.82, 2.24) is 10.2 Å². The number of rotatable bonds is 1. The Kier molecular flexibility index (Phi) is 3.60. The van der Waals surface area contributed by atoms with E-state index in [0.29, 0.717) is 30.9 Å². The lowest BCUT2D eigenvalue weighted by atomic mass is 10.3. The summed E-state index contributed by atoms with van der Waals surface area (Å²) in [5.41, 5.74) is 0. The number of nitrogens with zero attached hydrogens (tertiary/aromatic N) is 1. The van der Waals surface area contributed by atoms with Gasteiger partial charge in [0.1, 0.15) is 0 Å². The van der Waals surface area contributed by atoms with Gasteiger partial charge in [0, 0.05) is 35.9 Å². The van der Waals surface area contributed by atoms with Crippen LogP contribution >= 0.6 is 27.3 Å². The molecule has 1 aliphatic heterocycles. The van der Waals surface area contributed by atoms with Gasteiger partial charge in [0.15, 0.2) is 0 Å². The van der Waals surface area contributed by atoms with E-state index in [2.05, 4.69) is 21.2 Å². The van der Waals surface area contributed by atoms with Crippen LogP contribution in [0.2, 0.25) is 0 Å². The highest BCUT2D eigenvalue weighted by Crippen LogP contribution is 2.21. The monoisotopic (exact) mass is 302 g/mol. The summed E-state index contributed by atoms with van der Waals surface area (Å²) in [6, 6.07) is 1.81. The van der Waals surface area contributed by atoms with E-state index < -0.39 is 0 Å². The van der Waals surface area contributed by atoms with Crippen LogP contribution in [0.4, 0.5) is 0 Å². The lowest BCUT2D eigenvalue weighted by Crippen LogP contribution is -2.33. The van der Waals surface area contributed by atoms with Crippen molar-refractivity contribution in [3.05, 3.63) is 20.8 Å². The maximum Gasteiger partial charge on any atom is 0.264 e. The quantitative estimate of drug-likeness (QED) is 0.854. The van der Waals surface area contributed by atoms with Gasteiger partial charge in [-0.05, 0) is 22.0 Å². The number of carbonyl (C=O) groups excluding carboxylic acids is 2. The normalized spacial score (nSPS) is 16.8. The molecule has 0 atom stereocenters. The fraction of sp³-hybridized carbons (Fsp3) is 0.400. The zero-order valence-electron chi connectivity index (χ0n) is 8.53. The van der Waals surface area contributed by atoms with Crippen molar-refractivity contribution >= 4 is 39.1 Å². The smallest absolute Gasteiger partial charge is 0.264 e. The van der Waals surface area contributed by atoms with Crippen LogP contribution in [0.5, 0.6) is 0 Å². The Morgan fingerprint density at radius 2 is 2.31 bits per heavy atom. The molecule has 2 rings (SSSR count). The largest absolute Gasteiger partial charge is 0.354 e. The summed E-state index contributed by atoms with van der Waals surface area (Å²) in [5.74, 6) is 0.0230. The van der Waals surface area contributed by atoms with Gasteiger partial charge in [-0.15, -0.1) is 11.3 Å². The van der Waals surface area contributed by atoms with E-state index in [0.717, 1.165) is 4.47 Å². The van der Waals surface area contributed by atoms with E-state index in [1.165, 1.54) is 11.3 Å². The van der Waals surface area contributed by atoms with Crippen molar-refractivity contribution in [2.75, 3.05) is 19.6 Å². The van der Waals surface area contributed by atoms with Crippen molar-refractivity contribution in [2.24, 2.45) is 0 Å². The van der Waals surface area contributed by atoms with Gasteiger partial charge in [-0.2, -0.15) is 0 Å². The number of nitrogens with one attached hydrogen (secondary N) is 1. The first-order valence-corrected chi connectivity index (χ1v) is 6.64. The highest BCUT2D eigenvalue weighted by Gasteiger charge is 2.20. The molecule has 4 nitrogen and oxygen atoms in total. The lowest BCUT2D eigenvalue weighted by molar-refractivity contribution is -0.120. The van der Waals surface area contributed by atoms with Gasteiger partial charge in [-0.25, -0.2) is 0 Å². The molecule has 0 radical (unpaired) electrons. The highest BCUT2D eigenvalue weighted by atomic mass is 79.9. The first kappa shape index (κ1) is 11.6. The minimum absolute atomic E-state index is 0.00667. The summed E-state index contributed by atoms with van der Waals surface area (Å²) >= 11 is 4.74. The van der Waals surface area contributed by atoms with Crippen LogP contribution in [0.15, 0.2) is 15.9 Å². The number of thiophene rings is 1. The Morgan fingerprint density at radius 1 is 1.50 bits per heavy atom. The fourth-order valence-electron chi connectivity index (χ4n) is 1.55. The first-order chi connectivity index (χ1) is 7.66. The third kappa shape index (κ3) is 2.62. The molecule has 1 fully saturated rings. The van der Waals surface area contributed by atoms with Gasteiger partial charge in [-0.1, -0.05) is 0 Å². The number of amides is 2. The van der Waals surface area contributed by atoms with Gasteiger partial charge < -0.3 is 10.2 Å². The maximum atomic E-state index is 12.0. The van der Waals surface area contributed by atoms with E-state index in [1.807, 2.05) is 11.4 Å². The molecule has 0 spiro atoms. The molecule has 0 aromatic carbocycles. The van der Waals surface area contributed by atoms with Crippen molar-refractivity contribution in [2.45, 2.75) is 6.42 Å². The second-order valence-corrected chi connectivity index (χ2v) is 5.35. The number of halogens is 1. The molecule has 16 heavy (non-hydrogen) atoms. The van der Waals surface area contributed by atoms with E-state index in [9.17, 15) is 9.59 Å². The third-order valence-electron chi connectivity index (χ3n) is 2.38. The van der Waals surface area contributed by atoms with Gasteiger partial charge in [-0.3, -0.25) is 9.59 Å². The van der Waals surface area contributed by atoms with Gasteiger partial charge in [0.25, 0.3) is 5.91 Å². The Balaban J connectivity index is 2.06. The van der Waals surface area contributed by atoms with Crippen LogP contribution in [0, 0.1) is 0 Å². The summed E-state index contributed by atoms with van der Waals surface area (Å²) in [5, 5.41) is 4.63. The average Bonchev–Trinajstić information content (AvgIpc) is 2.57. The van der Waals surface area contributed by atoms with Gasteiger partial charge in [0.05, 0.1) is 4.88 Å². The predicted octanol–water partition coefficient (Wildman–Crippen LogP) is 1.47. The van der Waals surface area contributed by atoms with Crippen LogP contribution in [0.1, 0.15) is 16.1 Å². The van der Waals surface area contributed by atoms with Crippen LogP contribution in [-0.4, -0.2) is 36.3 Å². The summed E-state index contributed by atoms with van der Waals surface area (Å²) in [6.45, 7) is 1.62. The first-order valence-electron chi connectivity index (χ1n) is 4.97. The van der Waals surface area contributed by atoms with E-state index in [-0.39, 0.29) is 11.8 Å². The Bertz CT molecular complexity index is 419. The lowest BCUT2D eigenvalue weighted by Gasteiger charge is -2.18. The number of hydrogen-bond acceptors (Lipinski definition) is 3. The molecule has 0 aliphatic carbocycles. The molecule has 1 aromatic rings. The fourth-order valence-corrected chi connectivity index (χ4v) is 2.94. The predicted molar refractivity (Wildman–Crippen MR) is 65.5 cm³/mol. The third-order valence-corrected chi connectivity index (χ3v) is 4.06. The number of carbonyl (C=O) groups is 2. The Morgan fingerprint density at radius 3 is 3.00 bits per heavy atom. The molecule has 86 valence electrons. The van der Waals surface area contributed by atoms with Crippen LogP contribution in [-0.2, 0) is 4.79 Å². The van der Waals surface area contributed by atoms with Crippen LogP contribution < -0.4 is 5.32 Å². The number of hydrogen-bond donors (Lipinski definition) is 1. The molecule has 1 N–H and O–H groups in total. The standard InChI is InChI=1S/C10H11BrN2O2S/c11-7-5-8(16-6-7)10(15)13-3-1-9(14)12-2-4-13/h5-6H,1-4H2,(H,12,14). The maximum absolute atomic E-state index is 12.0. The molecular formula is C10H11BrN2O2S. The molecule has 1 aromatic heterocycles. The minimum atomic E-state index is 0.00667.